The normalized spacial score (nSPS) is 13.3. The lowest BCUT2D eigenvalue weighted by atomic mass is 10.1. The molecule has 1 N–H and O–H groups in total. The van der Waals surface area contributed by atoms with E-state index < -0.39 is 10.0 Å². The number of ether oxygens (including phenoxy) is 2. The van der Waals surface area contributed by atoms with Crippen molar-refractivity contribution in [2.24, 2.45) is 0 Å². The first-order valence-corrected chi connectivity index (χ1v) is 11.5. The second-order valence-corrected chi connectivity index (χ2v) is 9.11. The van der Waals surface area contributed by atoms with Crippen LogP contribution in [0.2, 0.25) is 0 Å². The van der Waals surface area contributed by atoms with E-state index >= 15 is 0 Å². The number of anilines is 1. The van der Waals surface area contributed by atoms with Crippen molar-refractivity contribution in [2.75, 3.05) is 18.9 Å². The van der Waals surface area contributed by atoms with Gasteiger partial charge < -0.3 is 14.0 Å². The molecule has 3 heterocycles. The summed E-state index contributed by atoms with van der Waals surface area (Å²) in [5, 5.41) is 8.43. The van der Waals surface area contributed by atoms with Gasteiger partial charge in [-0.25, -0.2) is 13.4 Å². The van der Waals surface area contributed by atoms with Crippen LogP contribution in [-0.2, 0) is 29.4 Å². The predicted molar refractivity (Wildman–Crippen MR) is 116 cm³/mol. The standard InChI is InChI=1S/C21H21N5O5S/c1-29-16-9-13-5-3-6-14(13)10-18(16)32(27,28)25-20-19-17(31-24-20)11-15(23-21(19)30-2)12-26-8-4-7-22-26/h4,7-11H,3,5-6,12H2,1-2H3,(H,24,25). The molecule has 5 rings (SSSR count). The van der Waals surface area contributed by atoms with E-state index in [9.17, 15) is 8.42 Å². The summed E-state index contributed by atoms with van der Waals surface area (Å²) >= 11 is 0. The molecule has 1 aromatic carbocycles. The Balaban J connectivity index is 1.53. The fourth-order valence-electron chi connectivity index (χ4n) is 3.97. The molecule has 0 saturated carbocycles. The van der Waals surface area contributed by atoms with Gasteiger partial charge in [0.1, 0.15) is 16.0 Å². The van der Waals surface area contributed by atoms with Gasteiger partial charge in [0, 0.05) is 18.5 Å². The van der Waals surface area contributed by atoms with Crippen molar-refractivity contribution in [3.63, 3.8) is 0 Å². The first-order chi connectivity index (χ1) is 15.5. The van der Waals surface area contributed by atoms with E-state index in [-0.39, 0.29) is 22.3 Å². The van der Waals surface area contributed by atoms with Crippen LogP contribution >= 0.6 is 0 Å². The molecular formula is C21H21N5O5S. The molecule has 0 amide bonds. The SMILES string of the molecule is COc1cc2c(cc1S(=O)(=O)Nc1noc3cc(Cn4cccn4)nc(OC)c13)CCC2. The van der Waals surface area contributed by atoms with E-state index in [1.165, 1.54) is 14.2 Å². The van der Waals surface area contributed by atoms with Gasteiger partial charge in [-0.05, 0) is 48.6 Å². The minimum atomic E-state index is -4.01. The third-order valence-corrected chi connectivity index (χ3v) is 6.81. The molecule has 10 nitrogen and oxygen atoms in total. The number of rotatable bonds is 7. The summed E-state index contributed by atoms with van der Waals surface area (Å²) in [4.78, 5) is 4.52. The summed E-state index contributed by atoms with van der Waals surface area (Å²) in [7, 11) is -1.10. The maximum atomic E-state index is 13.3. The molecule has 0 fully saturated rings. The van der Waals surface area contributed by atoms with Crippen molar-refractivity contribution in [3.05, 3.63) is 53.5 Å². The molecule has 11 heteroatoms. The van der Waals surface area contributed by atoms with Gasteiger partial charge in [-0.3, -0.25) is 9.40 Å². The van der Waals surface area contributed by atoms with E-state index in [0.29, 0.717) is 23.2 Å². The highest BCUT2D eigenvalue weighted by molar-refractivity contribution is 7.92. The molecule has 1 aliphatic rings. The third-order valence-electron chi connectivity index (χ3n) is 5.45. The molecule has 0 saturated heterocycles. The molecule has 0 radical (unpaired) electrons. The van der Waals surface area contributed by atoms with Crippen LogP contribution in [0.4, 0.5) is 5.82 Å². The van der Waals surface area contributed by atoms with Gasteiger partial charge in [-0.1, -0.05) is 5.16 Å². The van der Waals surface area contributed by atoms with Gasteiger partial charge in [-0.15, -0.1) is 0 Å². The number of methoxy groups -OCH3 is 2. The lowest BCUT2D eigenvalue weighted by Gasteiger charge is -2.13. The molecular weight excluding hydrogens is 434 g/mol. The number of aryl methyl sites for hydroxylation is 2. The first kappa shape index (κ1) is 20.3. The highest BCUT2D eigenvalue weighted by atomic mass is 32.2. The number of aromatic nitrogens is 4. The van der Waals surface area contributed by atoms with Crippen LogP contribution in [0.1, 0.15) is 23.2 Å². The number of sulfonamides is 1. The monoisotopic (exact) mass is 455 g/mol. The number of benzene rings is 1. The van der Waals surface area contributed by atoms with Crippen molar-refractivity contribution in [2.45, 2.75) is 30.7 Å². The summed E-state index contributed by atoms with van der Waals surface area (Å²) in [6.45, 7) is 0.396. The predicted octanol–water partition coefficient (Wildman–Crippen LogP) is 2.77. The summed E-state index contributed by atoms with van der Waals surface area (Å²) in [6, 6.07) is 6.95. The van der Waals surface area contributed by atoms with Crippen LogP contribution in [0.15, 0.2) is 46.1 Å². The molecule has 4 aromatic rings. The number of nitrogens with zero attached hydrogens (tertiary/aromatic N) is 4. The summed E-state index contributed by atoms with van der Waals surface area (Å²) in [5.74, 6) is 0.486. The van der Waals surface area contributed by atoms with Crippen molar-refractivity contribution < 1.29 is 22.4 Å². The molecule has 0 aliphatic heterocycles. The van der Waals surface area contributed by atoms with Crippen LogP contribution in [0.25, 0.3) is 11.0 Å². The minimum absolute atomic E-state index is 0.00228. The highest BCUT2D eigenvalue weighted by Crippen LogP contribution is 2.36. The van der Waals surface area contributed by atoms with Gasteiger partial charge in [0.25, 0.3) is 10.0 Å². The number of pyridine rings is 1. The van der Waals surface area contributed by atoms with Crippen LogP contribution in [0, 0.1) is 0 Å². The van der Waals surface area contributed by atoms with Crippen LogP contribution in [-0.4, -0.2) is 42.6 Å². The van der Waals surface area contributed by atoms with Crippen molar-refractivity contribution >= 4 is 26.8 Å². The Bertz CT molecular complexity index is 1400. The summed E-state index contributed by atoms with van der Waals surface area (Å²) in [6.07, 6.45) is 6.22. The van der Waals surface area contributed by atoms with Crippen molar-refractivity contribution in [1.29, 1.82) is 0 Å². The molecule has 1 aliphatic carbocycles. The molecule has 0 unspecified atom stereocenters. The largest absolute Gasteiger partial charge is 0.495 e. The average molecular weight is 455 g/mol. The maximum Gasteiger partial charge on any atom is 0.266 e. The van der Waals surface area contributed by atoms with Gasteiger partial charge in [0.05, 0.1) is 26.5 Å². The Morgan fingerprint density at radius 1 is 1.16 bits per heavy atom. The second kappa shape index (κ2) is 7.83. The zero-order chi connectivity index (χ0) is 22.3. The van der Waals surface area contributed by atoms with Gasteiger partial charge in [-0.2, -0.15) is 5.10 Å². The maximum absolute atomic E-state index is 13.3. The smallest absolute Gasteiger partial charge is 0.266 e. The Labute approximate surface area is 184 Å². The average Bonchev–Trinajstić information content (AvgIpc) is 3.53. The Morgan fingerprint density at radius 2 is 1.97 bits per heavy atom. The number of hydrogen-bond acceptors (Lipinski definition) is 8. The topological polar surface area (TPSA) is 121 Å². The summed E-state index contributed by atoms with van der Waals surface area (Å²) in [5.41, 5.74) is 3.10. The zero-order valence-corrected chi connectivity index (χ0v) is 18.3. The van der Waals surface area contributed by atoms with Crippen LogP contribution < -0.4 is 14.2 Å². The van der Waals surface area contributed by atoms with E-state index in [1.807, 2.05) is 12.3 Å². The van der Waals surface area contributed by atoms with E-state index in [1.54, 1.807) is 29.1 Å². The molecule has 32 heavy (non-hydrogen) atoms. The number of nitrogens with one attached hydrogen (secondary N) is 1. The zero-order valence-electron chi connectivity index (χ0n) is 17.5. The Morgan fingerprint density at radius 3 is 2.69 bits per heavy atom. The van der Waals surface area contributed by atoms with Crippen LogP contribution in [0.5, 0.6) is 11.6 Å². The Hall–Kier alpha value is -3.60. The molecule has 0 bridgehead atoms. The second-order valence-electron chi connectivity index (χ2n) is 7.46. The fourth-order valence-corrected chi connectivity index (χ4v) is 5.18. The van der Waals surface area contributed by atoms with Crippen molar-refractivity contribution in [1.82, 2.24) is 19.9 Å². The van der Waals surface area contributed by atoms with E-state index in [2.05, 4.69) is 20.0 Å². The lowest BCUT2D eigenvalue weighted by Crippen LogP contribution is -2.15. The van der Waals surface area contributed by atoms with Crippen molar-refractivity contribution in [3.8, 4) is 11.6 Å². The minimum Gasteiger partial charge on any atom is -0.495 e. The first-order valence-electron chi connectivity index (χ1n) is 10.0. The van der Waals surface area contributed by atoms with Crippen LogP contribution in [0.3, 0.4) is 0 Å². The lowest BCUT2D eigenvalue weighted by molar-refractivity contribution is 0.400. The van der Waals surface area contributed by atoms with Gasteiger partial charge in [0.2, 0.25) is 5.88 Å². The highest BCUT2D eigenvalue weighted by Gasteiger charge is 2.27. The molecule has 0 atom stereocenters. The van der Waals surface area contributed by atoms with E-state index in [0.717, 1.165) is 30.4 Å². The molecule has 0 spiro atoms. The van der Waals surface area contributed by atoms with E-state index in [4.69, 9.17) is 14.0 Å². The van der Waals surface area contributed by atoms with Gasteiger partial charge >= 0.3 is 0 Å². The number of hydrogen-bond donors (Lipinski definition) is 1. The Kier molecular flexibility index (Phi) is 4.97. The molecule has 166 valence electrons. The van der Waals surface area contributed by atoms with Gasteiger partial charge in [0.15, 0.2) is 11.4 Å². The number of fused-ring (bicyclic) bond motifs is 2. The third kappa shape index (κ3) is 3.54. The fraction of sp³-hybridized carbons (Fsp3) is 0.286. The quantitative estimate of drug-likeness (QED) is 0.451. The summed E-state index contributed by atoms with van der Waals surface area (Å²) < 4.78 is 46.9. The molecule has 3 aromatic heterocycles.